The summed E-state index contributed by atoms with van der Waals surface area (Å²) in [5, 5.41) is 11.7. The van der Waals surface area contributed by atoms with Gasteiger partial charge in [0.05, 0.1) is 0 Å². The van der Waals surface area contributed by atoms with Crippen molar-refractivity contribution in [1.82, 2.24) is 0 Å². The molecule has 0 aliphatic carbocycles. The Morgan fingerprint density at radius 1 is 1.19 bits per heavy atom. The lowest BCUT2D eigenvalue weighted by Crippen LogP contribution is -2.01. The minimum atomic E-state index is -0.708. The van der Waals surface area contributed by atoms with Crippen LogP contribution in [0.4, 0.5) is 5.69 Å². The van der Waals surface area contributed by atoms with Gasteiger partial charge in [0.1, 0.15) is 0 Å². The monoisotopic (exact) mass is 285 g/mol. The van der Waals surface area contributed by atoms with Gasteiger partial charge in [-0.05, 0) is 37.1 Å². The highest BCUT2D eigenvalue weighted by Gasteiger charge is 1.96. The zero-order valence-electron chi connectivity index (χ0n) is 9.08. The standard InChI is InChI=1S/C12H16BrNO2/c13-10-5-7-11(8-6-10)14-9-3-1-2-4-12(15)16/h5-8,14H,1-4,9H2,(H,15,16). The number of rotatable bonds is 7. The molecule has 0 atom stereocenters. The van der Waals surface area contributed by atoms with Crippen LogP contribution in [-0.4, -0.2) is 17.6 Å². The van der Waals surface area contributed by atoms with Crippen LogP contribution in [0.1, 0.15) is 25.7 Å². The molecule has 88 valence electrons. The van der Waals surface area contributed by atoms with E-state index in [4.69, 9.17) is 5.11 Å². The summed E-state index contributed by atoms with van der Waals surface area (Å²) in [6.07, 6.45) is 2.99. The largest absolute Gasteiger partial charge is 0.481 e. The number of anilines is 1. The molecule has 0 saturated carbocycles. The molecule has 0 aromatic heterocycles. The molecule has 1 aromatic carbocycles. The van der Waals surface area contributed by atoms with E-state index >= 15 is 0 Å². The number of carbonyl (C=O) groups is 1. The average Bonchev–Trinajstić information content (AvgIpc) is 2.25. The minimum absolute atomic E-state index is 0.276. The number of benzene rings is 1. The number of carboxylic acids is 1. The third-order valence-electron chi connectivity index (χ3n) is 2.24. The molecule has 0 aliphatic heterocycles. The van der Waals surface area contributed by atoms with Gasteiger partial charge < -0.3 is 10.4 Å². The van der Waals surface area contributed by atoms with Gasteiger partial charge in [-0.25, -0.2) is 0 Å². The molecule has 2 N–H and O–H groups in total. The molecule has 0 heterocycles. The summed E-state index contributed by atoms with van der Waals surface area (Å²) >= 11 is 3.38. The quantitative estimate of drug-likeness (QED) is 0.754. The highest BCUT2D eigenvalue weighted by atomic mass is 79.9. The fraction of sp³-hybridized carbons (Fsp3) is 0.417. The van der Waals surface area contributed by atoms with Gasteiger partial charge in [0.25, 0.3) is 0 Å². The molecule has 0 saturated heterocycles. The molecule has 0 radical (unpaired) electrons. The molecule has 0 fully saturated rings. The predicted octanol–water partition coefficient (Wildman–Crippen LogP) is 3.51. The third-order valence-corrected chi connectivity index (χ3v) is 2.77. The summed E-state index contributed by atoms with van der Waals surface area (Å²) in [5.74, 6) is -0.708. The Balaban J connectivity index is 2.07. The number of aliphatic carboxylic acids is 1. The molecule has 0 amide bonds. The minimum Gasteiger partial charge on any atom is -0.481 e. The van der Waals surface area contributed by atoms with Crippen molar-refractivity contribution >= 4 is 27.6 Å². The Hall–Kier alpha value is -1.03. The van der Waals surface area contributed by atoms with Crippen molar-refractivity contribution in [3.63, 3.8) is 0 Å². The first-order chi connectivity index (χ1) is 7.68. The van der Waals surface area contributed by atoms with Gasteiger partial charge in [-0.2, -0.15) is 0 Å². The molecule has 3 nitrogen and oxygen atoms in total. The van der Waals surface area contributed by atoms with Crippen LogP contribution in [0.25, 0.3) is 0 Å². The number of nitrogens with one attached hydrogen (secondary N) is 1. The van der Waals surface area contributed by atoms with Crippen LogP contribution in [0.15, 0.2) is 28.7 Å². The number of carboxylic acid groups (broad SMARTS) is 1. The van der Waals surface area contributed by atoms with Crippen LogP contribution in [-0.2, 0) is 4.79 Å². The maximum absolute atomic E-state index is 10.3. The lowest BCUT2D eigenvalue weighted by Gasteiger charge is -2.05. The Bertz CT molecular complexity index is 324. The first kappa shape index (κ1) is 13.0. The molecule has 0 bridgehead atoms. The molecule has 1 rings (SSSR count). The molecule has 1 aromatic rings. The second-order valence-corrected chi connectivity index (χ2v) is 4.55. The highest BCUT2D eigenvalue weighted by Crippen LogP contribution is 2.14. The van der Waals surface area contributed by atoms with E-state index in [1.807, 2.05) is 24.3 Å². The van der Waals surface area contributed by atoms with Gasteiger partial charge >= 0.3 is 5.97 Å². The smallest absolute Gasteiger partial charge is 0.303 e. The lowest BCUT2D eigenvalue weighted by molar-refractivity contribution is -0.137. The van der Waals surface area contributed by atoms with E-state index in [1.54, 1.807) is 0 Å². The summed E-state index contributed by atoms with van der Waals surface area (Å²) in [4.78, 5) is 10.3. The second-order valence-electron chi connectivity index (χ2n) is 3.64. The number of unbranched alkanes of at least 4 members (excludes halogenated alkanes) is 2. The normalized spacial score (nSPS) is 10.1. The van der Waals surface area contributed by atoms with Gasteiger partial charge in [0.15, 0.2) is 0 Å². The SMILES string of the molecule is O=C(O)CCCCCNc1ccc(Br)cc1. The summed E-state index contributed by atoms with van der Waals surface area (Å²) in [6.45, 7) is 0.890. The Morgan fingerprint density at radius 2 is 1.88 bits per heavy atom. The Kier molecular flexibility index (Phi) is 5.93. The number of hydrogen-bond acceptors (Lipinski definition) is 2. The van der Waals surface area contributed by atoms with Crippen molar-refractivity contribution in [2.45, 2.75) is 25.7 Å². The van der Waals surface area contributed by atoms with Crippen LogP contribution in [0.2, 0.25) is 0 Å². The Morgan fingerprint density at radius 3 is 2.50 bits per heavy atom. The second kappa shape index (κ2) is 7.28. The van der Waals surface area contributed by atoms with Crippen LogP contribution in [0.3, 0.4) is 0 Å². The van der Waals surface area contributed by atoms with Crippen molar-refractivity contribution < 1.29 is 9.90 Å². The molecule has 4 heteroatoms. The number of halogens is 1. The van der Waals surface area contributed by atoms with Gasteiger partial charge in [0, 0.05) is 23.1 Å². The first-order valence-corrected chi connectivity index (χ1v) is 6.19. The summed E-state index contributed by atoms with van der Waals surface area (Å²) in [7, 11) is 0. The van der Waals surface area contributed by atoms with Crippen molar-refractivity contribution in [3.05, 3.63) is 28.7 Å². The summed E-state index contributed by atoms with van der Waals surface area (Å²) < 4.78 is 1.07. The van der Waals surface area contributed by atoms with E-state index < -0.39 is 5.97 Å². The Labute approximate surface area is 104 Å². The van der Waals surface area contributed by atoms with Gasteiger partial charge in [-0.15, -0.1) is 0 Å². The van der Waals surface area contributed by atoms with E-state index in [1.165, 1.54) is 0 Å². The molecule has 16 heavy (non-hydrogen) atoms. The van der Waals surface area contributed by atoms with Crippen molar-refractivity contribution in [2.75, 3.05) is 11.9 Å². The molecule has 0 spiro atoms. The fourth-order valence-corrected chi connectivity index (χ4v) is 1.64. The van der Waals surface area contributed by atoms with Crippen LogP contribution >= 0.6 is 15.9 Å². The first-order valence-electron chi connectivity index (χ1n) is 5.40. The summed E-state index contributed by atoms with van der Waals surface area (Å²) in [6, 6.07) is 8.02. The number of hydrogen-bond donors (Lipinski definition) is 2. The fourth-order valence-electron chi connectivity index (χ4n) is 1.38. The van der Waals surface area contributed by atoms with Crippen LogP contribution < -0.4 is 5.32 Å². The molecular weight excluding hydrogens is 270 g/mol. The van der Waals surface area contributed by atoms with Crippen LogP contribution in [0, 0.1) is 0 Å². The third kappa shape index (κ3) is 5.75. The van der Waals surface area contributed by atoms with E-state index in [2.05, 4.69) is 21.2 Å². The maximum atomic E-state index is 10.3. The average molecular weight is 286 g/mol. The van der Waals surface area contributed by atoms with Gasteiger partial charge in [-0.3, -0.25) is 4.79 Å². The zero-order chi connectivity index (χ0) is 11.8. The van der Waals surface area contributed by atoms with Crippen molar-refractivity contribution in [1.29, 1.82) is 0 Å². The molecule has 0 unspecified atom stereocenters. The zero-order valence-corrected chi connectivity index (χ0v) is 10.7. The molecule has 0 aliphatic rings. The van der Waals surface area contributed by atoms with Gasteiger partial charge in [-0.1, -0.05) is 22.4 Å². The van der Waals surface area contributed by atoms with E-state index in [9.17, 15) is 4.79 Å². The van der Waals surface area contributed by atoms with Crippen molar-refractivity contribution in [3.8, 4) is 0 Å². The van der Waals surface area contributed by atoms with E-state index in [0.717, 1.165) is 36.0 Å². The van der Waals surface area contributed by atoms with E-state index in [-0.39, 0.29) is 6.42 Å². The van der Waals surface area contributed by atoms with Gasteiger partial charge in [0.2, 0.25) is 0 Å². The van der Waals surface area contributed by atoms with E-state index in [0.29, 0.717) is 0 Å². The lowest BCUT2D eigenvalue weighted by atomic mass is 10.2. The van der Waals surface area contributed by atoms with Crippen molar-refractivity contribution in [2.24, 2.45) is 0 Å². The predicted molar refractivity (Wildman–Crippen MR) is 68.7 cm³/mol. The highest BCUT2D eigenvalue weighted by molar-refractivity contribution is 9.10. The topological polar surface area (TPSA) is 49.3 Å². The summed E-state index contributed by atoms with van der Waals surface area (Å²) in [5.41, 5.74) is 1.10. The molecular formula is C12H16BrNO2. The maximum Gasteiger partial charge on any atom is 0.303 e. The van der Waals surface area contributed by atoms with Crippen LogP contribution in [0.5, 0.6) is 0 Å².